The molecule has 1 aromatic heterocycles. The van der Waals surface area contributed by atoms with Crippen LogP contribution >= 0.6 is 15.9 Å². The fraction of sp³-hybridized carbons (Fsp3) is 0. The average molecular weight is 268 g/mol. The van der Waals surface area contributed by atoms with Crippen LogP contribution in [0.4, 0.5) is 0 Å². The van der Waals surface area contributed by atoms with Crippen LogP contribution in [-0.2, 0) is 0 Å². The number of rotatable bonds is 1. The Labute approximate surface area is 93.3 Å². The van der Waals surface area contributed by atoms with Crippen molar-refractivity contribution in [1.29, 1.82) is 0 Å². The Balaban J connectivity index is 2.95. The number of para-hydroxylation sites is 1. The fourth-order valence-corrected chi connectivity index (χ4v) is 1.78. The lowest BCUT2D eigenvalue weighted by Crippen LogP contribution is -2.00. The Morgan fingerprint density at radius 3 is 2.67 bits per heavy atom. The molecule has 2 N–H and O–H groups in total. The number of halogens is 1. The van der Waals surface area contributed by atoms with Crippen LogP contribution in [0.5, 0.6) is 5.75 Å². The van der Waals surface area contributed by atoms with Gasteiger partial charge in [-0.1, -0.05) is 18.2 Å². The van der Waals surface area contributed by atoms with Gasteiger partial charge in [0, 0.05) is 5.39 Å². The molecule has 0 bridgehead atoms. The first kappa shape index (κ1) is 9.92. The van der Waals surface area contributed by atoms with E-state index >= 15 is 0 Å². The second-order valence-corrected chi connectivity index (χ2v) is 3.70. The molecule has 0 saturated heterocycles. The standard InChI is InChI=1S/C10H6BrNO3/c11-9-8(13)7(10(14)15)5-3-1-2-4-6(5)12-9/h1-4,13H,(H,14,15). The lowest BCUT2D eigenvalue weighted by molar-refractivity contribution is 0.0695. The van der Waals surface area contributed by atoms with Crippen molar-refractivity contribution in [3.8, 4) is 5.75 Å². The highest BCUT2D eigenvalue weighted by atomic mass is 79.9. The predicted molar refractivity (Wildman–Crippen MR) is 58.1 cm³/mol. The number of carbonyl (C=O) groups is 1. The Bertz CT molecular complexity index is 554. The van der Waals surface area contributed by atoms with E-state index in [4.69, 9.17) is 5.11 Å². The van der Waals surface area contributed by atoms with Crippen molar-refractivity contribution in [2.75, 3.05) is 0 Å². The SMILES string of the molecule is O=C(O)c1c(O)c(Br)nc2ccccc12. The Morgan fingerprint density at radius 2 is 2.00 bits per heavy atom. The molecule has 1 aromatic carbocycles. The third kappa shape index (κ3) is 1.55. The van der Waals surface area contributed by atoms with Crippen LogP contribution in [0, 0.1) is 0 Å². The van der Waals surface area contributed by atoms with Crippen LogP contribution in [0.3, 0.4) is 0 Å². The maximum atomic E-state index is 11.0. The van der Waals surface area contributed by atoms with Gasteiger partial charge in [-0.15, -0.1) is 0 Å². The zero-order chi connectivity index (χ0) is 11.0. The fourth-order valence-electron chi connectivity index (χ4n) is 1.39. The topological polar surface area (TPSA) is 70.4 Å². The molecule has 0 amide bonds. The molecule has 0 aliphatic rings. The van der Waals surface area contributed by atoms with E-state index in [1.165, 1.54) is 0 Å². The van der Waals surface area contributed by atoms with Gasteiger partial charge < -0.3 is 10.2 Å². The van der Waals surface area contributed by atoms with E-state index in [9.17, 15) is 9.90 Å². The quantitative estimate of drug-likeness (QED) is 0.779. The van der Waals surface area contributed by atoms with Crippen LogP contribution < -0.4 is 0 Å². The maximum absolute atomic E-state index is 11.0. The number of hydrogen-bond donors (Lipinski definition) is 2. The van der Waals surface area contributed by atoms with Gasteiger partial charge in [-0.05, 0) is 22.0 Å². The molecule has 15 heavy (non-hydrogen) atoms. The molecule has 4 nitrogen and oxygen atoms in total. The highest BCUT2D eigenvalue weighted by molar-refractivity contribution is 9.10. The molecular weight excluding hydrogens is 262 g/mol. The number of hydrogen-bond acceptors (Lipinski definition) is 3. The second-order valence-electron chi connectivity index (χ2n) is 2.95. The van der Waals surface area contributed by atoms with E-state index in [1.54, 1.807) is 24.3 Å². The summed E-state index contributed by atoms with van der Waals surface area (Å²) in [5.41, 5.74) is 0.395. The van der Waals surface area contributed by atoms with Crippen LogP contribution in [0.1, 0.15) is 10.4 Å². The van der Waals surface area contributed by atoms with Crippen LogP contribution in [-0.4, -0.2) is 21.2 Å². The number of nitrogens with zero attached hydrogens (tertiary/aromatic N) is 1. The van der Waals surface area contributed by atoms with E-state index in [2.05, 4.69) is 20.9 Å². The average Bonchev–Trinajstić information content (AvgIpc) is 2.19. The highest BCUT2D eigenvalue weighted by Crippen LogP contribution is 2.31. The zero-order valence-corrected chi connectivity index (χ0v) is 9.02. The number of aromatic carboxylic acids is 1. The third-order valence-electron chi connectivity index (χ3n) is 2.04. The number of pyridine rings is 1. The number of benzene rings is 1. The minimum atomic E-state index is -1.17. The van der Waals surface area contributed by atoms with Crippen LogP contribution in [0.2, 0.25) is 0 Å². The molecule has 0 saturated carbocycles. The molecule has 0 spiro atoms. The highest BCUT2D eigenvalue weighted by Gasteiger charge is 2.17. The molecule has 0 radical (unpaired) electrons. The minimum Gasteiger partial charge on any atom is -0.504 e. The first-order valence-electron chi connectivity index (χ1n) is 4.11. The molecule has 5 heteroatoms. The summed E-state index contributed by atoms with van der Waals surface area (Å²) in [7, 11) is 0. The summed E-state index contributed by atoms with van der Waals surface area (Å²) in [5, 5.41) is 19.0. The molecule has 0 atom stereocenters. The van der Waals surface area contributed by atoms with Crippen molar-refractivity contribution >= 4 is 32.8 Å². The number of aromatic hydroxyl groups is 1. The summed E-state index contributed by atoms with van der Waals surface area (Å²) >= 11 is 3.01. The van der Waals surface area contributed by atoms with Gasteiger partial charge in [-0.3, -0.25) is 0 Å². The number of aromatic nitrogens is 1. The molecular formula is C10H6BrNO3. The van der Waals surface area contributed by atoms with Crippen molar-refractivity contribution < 1.29 is 15.0 Å². The molecule has 2 aromatic rings. The summed E-state index contributed by atoms with van der Waals surface area (Å²) in [6.07, 6.45) is 0. The van der Waals surface area contributed by atoms with Gasteiger partial charge in [0.05, 0.1) is 5.52 Å². The van der Waals surface area contributed by atoms with Gasteiger partial charge in [0.1, 0.15) is 10.2 Å². The monoisotopic (exact) mass is 267 g/mol. The van der Waals surface area contributed by atoms with Crippen molar-refractivity contribution in [3.05, 3.63) is 34.4 Å². The lowest BCUT2D eigenvalue weighted by Gasteiger charge is -2.05. The van der Waals surface area contributed by atoms with E-state index in [0.29, 0.717) is 10.9 Å². The molecule has 76 valence electrons. The van der Waals surface area contributed by atoms with Gasteiger partial charge >= 0.3 is 5.97 Å². The summed E-state index contributed by atoms with van der Waals surface area (Å²) in [5.74, 6) is -1.52. The van der Waals surface area contributed by atoms with E-state index in [0.717, 1.165) is 0 Å². The Hall–Kier alpha value is -1.62. The van der Waals surface area contributed by atoms with Gasteiger partial charge in [0.25, 0.3) is 0 Å². The van der Waals surface area contributed by atoms with Crippen molar-refractivity contribution in [2.45, 2.75) is 0 Å². The first-order chi connectivity index (χ1) is 7.11. The van der Waals surface area contributed by atoms with Gasteiger partial charge in [0.2, 0.25) is 0 Å². The van der Waals surface area contributed by atoms with E-state index in [1.807, 2.05) is 0 Å². The summed E-state index contributed by atoms with van der Waals surface area (Å²) in [6, 6.07) is 6.75. The molecule has 0 fully saturated rings. The third-order valence-corrected chi connectivity index (χ3v) is 2.59. The van der Waals surface area contributed by atoms with Crippen molar-refractivity contribution in [2.24, 2.45) is 0 Å². The molecule has 0 aliphatic heterocycles. The minimum absolute atomic E-state index is 0.132. The molecule has 0 unspecified atom stereocenters. The number of carboxylic acids is 1. The Morgan fingerprint density at radius 1 is 1.33 bits per heavy atom. The number of carboxylic acid groups (broad SMARTS) is 1. The summed E-state index contributed by atoms with van der Waals surface area (Å²) < 4.78 is 0.138. The smallest absolute Gasteiger partial charge is 0.340 e. The normalized spacial score (nSPS) is 10.5. The Kier molecular flexibility index (Phi) is 2.32. The van der Waals surface area contributed by atoms with Crippen molar-refractivity contribution in [3.63, 3.8) is 0 Å². The van der Waals surface area contributed by atoms with Crippen molar-refractivity contribution in [1.82, 2.24) is 4.98 Å². The van der Waals surface area contributed by atoms with E-state index in [-0.39, 0.29) is 15.9 Å². The van der Waals surface area contributed by atoms with Gasteiger partial charge in [0.15, 0.2) is 5.75 Å². The molecule has 1 heterocycles. The van der Waals surface area contributed by atoms with Gasteiger partial charge in [-0.25, -0.2) is 9.78 Å². The van der Waals surface area contributed by atoms with Gasteiger partial charge in [-0.2, -0.15) is 0 Å². The first-order valence-corrected chi connectivity index (χ1v) is 4.91. The summed E-state index contributed by atoms with van der Waals surface area (Å²) in [6.45, 7) is 0. The molecule has 0 aliphatic carbocycles. The largest absolute Gasteiger partial charge is 0.504 e. The second kappa shape index (κ2) is 3.51. The van der Waals surface area contributed by atoms with E-state index < -0.39 is 5.97 Å². The summed E-state index contributed by atoms with van der Waals surface area (Å²) in [4.78, 5) is 15.0. The molecule has 2 rings (SSSR count). The zero-order valence-electron chi connectivity index (χ0n) is 7.44. The van der Waals surface area contributed by atoms with Crippen LogP contribution in [0.25, 0.3) is 10.9 Å². The lowest BCUT2D eigenvalue weighted by atomic mass is 10.1. The van der Waals surface area contributed by atoms with Crippen LogP contribution in [0.15, 0.2) is 28.9 Å². The number of fused-ring (bicyclic) bond motifs is 1. The maximum Gasteiger partial charge on any atom is 0.340 e. The predicted octanol–water partition coefficient (Wildman–Crippen LogP) is 2.40.